The van der Waals surface area contributed by atoms with Gasteiger partial charge in [0.25, 0.3) is 5.00 Å². The van der Waals surface area contributed by atoms with Crippen LogP contribution in [0.5, 0.6) is 0 Å². The Bertz CT molecular complexity index is 315. The van der Waals surface area contributed by atoms with E-state index in [2.05, 4.69) is 4.98 Å². The summed E-state index contributed by atoms with van der Waals surface area (Å²) >= 11 is 0.756. The van der Waals surface area contributed by atoms with Gasteiger partial charge in [0.1, 0.15) is 0 Å². The van der Waals surface area contributed by atoms with Crippen LogP contribution in [0.4, 0.5) is 4.39 Å². The second-order valence-corrected chi connectivity index (χ2v) is 3.92. The highest BCUT2D eigenvalue weighted by molar-refractivity contribution is 8.01. The van der Waals surface area contributed by atoms with E-state index in [1.54, 1.807) is 12.3 Å². The van der Waals surface area contributed by atoms with Crippen LogP contribution in [0.1, 0.15) is 5.69 Å². The van der Waals surface area contributed by atoms with Crippen molar-refractivity contribution in [1.82, 2.24) is 4.98 Å². The number of H-pyrrole nitrogens is 1. The van der Waals surface area contributed by atoms with Crippen molar-refractivity contribution in [1.29, 1.82) is 0 Å². The van der Waals surface area contributed by atoms with Gasteiger partial charge in [-0.1, -0.05) is 11.8 Å². The van der Waals surface area contributed by atoms with Gasteiger partial charge in [-0.2, -0.15) is 0 Å². The monoisotopic (exact) mass is 187 g/mol. The number of carboxylic acid groups (broad SMARTS) is 1. The third-order valence-corrected chi connectivity index (χ3v) is 3.03. The minimum Gasteiger partial charge on any atom is -0.478 e. The Morgan fingerprint density at radius 2 is 2.58 bits per heavy atom. The van der Waals surface area contributed by atoms with Crippen LogP contribution in [0.25, 0.3) is 0 Å². The van der Waals surface area contributed by atoms with Crippen molar-refractivity contribution in [3.05, 3.63) is 18.0 Å². The Balaban J connectivity index is 2.32. The highest BCUT2D eigenvalue weighted by atomic mass is 32.2. The predicted octanol–water partition coefficient (Wildman–Crippen LogP) is 1.41. The summed E-state index contributed by atoms with van der Waals surface area (Å²) in [5, 5.41) is 6.39. The van der Waals surface area contributed by atoms with Gasteiger partial charge in [0, 0.05) is 23.2 Å². The molecule has 5 heteroatoms. The van der Waals surface area contributed by atoms with E-state index in [0.717, 1.165) is 11.8 Å². The summed E-state index contributed by atoms with van der Waals surface area (Å²) in [6, 6.07) is 1.68. The molecule has 0 saturated heterocycles. The lowest BCUT2D eigenvalue weighted by molar-refractivity contribution is -0.144. The molecule has 0 aromatic carbocycles. The van der Waals surface area contributed by atoms with E-state index in [9.17, 15) is 9.18 Å². The van der Waals surface area contributed by atoms with E-state index >= 15 is 0 Å². The van der Waals surface area contributed by atoms with Gasteiger partial charge >= 0.3 is 5.97 Å². The molecule has 12 heavy (non-hydrogen) atoms. The molecule has 2 N–H and O–H groups in total. The van der Waals surface area contributed by atoms with Crippen LogP contribution in [0.3, 0.4) is 0 Å². The molecule has 0 spiro atoms. The average molecular weight is 187 g/mol. The standard InChI is InChI=1S/C7H6FNO2S/c8-7(6(10)11)3-4-5(12-7)1-2-9-4/h1-2,9H,3H2,(H,10,11). The summed E-state index contributed by atoms with van der Waals surface area (Å²) in [6.45, 7) is 0. The van der Waals surface area contributed by atoms with E-state index in [0.29, 0.717) is 10.6 Å². The molecule has 1 atom stereocenters. The Morgan fingerprint density at radius 3 is 3.17 bits per heavy atom. The maximum Gasteiger partial charge on any atom is 0.352 e. The molecule has 0 aliphatic carbocycles. The molecule has 2 rings (SSSR count). The van der Waals surface area contributed by atoms with Gasteiger partial charge in [-0.15, -0.1) is 0 Å². The van der Waals surface area contributed by atoms with Gasteiger partial charge in [0.2, 0.25) is 0 Å². The van der Waals surface area contributed by atoms with Gasteiger partial charge in [-0.05, 0) is 6.07 Å². The topological polar surface area (TPSA) is 53.1 Å². The number of fused-ring (bicyclic) bond motifs is 1. The van der Waals surface area contributed by atoms with Crippen LogP contribution in [-0.4, -0.2) is 21.1 Å². The minimum atomic E-state index is -2.16. The molecule has 0 bridgehead atoms. The Hall–Kier alpha value is -0.970. The number of alkyl halides is 1. The van der Waals surface area contributed by atoms with Gasteiger partial charge in [-0.3, -0.25) is 0 Å². The smallest absolute Gasteiger partial charge is 0.352 e. The molecule has 0 fully saturated rings. The summed E-state index contributed by atoms with van der Waals surface area (Å²) in [6.07, 6.45) is 1.61. The summed E-state index contributed by atoms with van der Waals surface area (Å²) in [5.41, 5.74) is 0.671. The van der Waals surface area contributed by atoms with Crippen LogP contribution < -0.4 is 0 Å². The first kappa shape index (κ1) is 7.67. The highest BCUT2D eigenvalue weighted by Gasteiger charge is 2.46. The number of thioether (sulfide) groups is 1. The molecule has 1 aromatic heterocycles. The first-order valence-electron chi connectivity index (χ1n) is 3.39. The van der Waals surface area contributed by atoms with E-state index in [1.807, 2.05) is 0 Å². The van der Waals surface area contributed by atoms with Crippen molar-refractivity contribution in [3.8, 4) is 0 Å². The number of hydrogen-bond donors (Lipinski definition) is 2. The maximum atomic E-state index is 13.4. The molecule has 1 unspecified atom stereocenters. The van der Waals surface area contributed by atoms with Gasteiger partial charge < -0.3 is 10.1 Å². The number of halogens is 1. The first-order valence-corrected chi connectivity index (χ1v) is 4.21. The number of hydrogen-bond acceptors (Lipinski definition) is 2. The van der Waals surface area contributed by atoms with Crippen molar-refractivity contribution in [2.45, 2.75) is 16.3 Å². The number of carbonyl (C=O) groups is 1. The molecule has 3 nitrogen and oxygen atoms in total. The fraction of sp³-hybridized carbons (Fsp3) is 0.286. The van der Waals surface area contributed by atoms with Crippen LogP contribution in [-0.2, 0) is 11.2 Å². The second kappa shape index (κ2) is 2.26. The van der Waals surface area contributed by atoms with Crippen molar-refractivity contribution in [2.75, 3.05) is 0 Å². The quantitative estimate of drug-likeness (QED) is 0.699. The summed E-state index contributed by atoms with van der Waals surface area (Å²) in [5.74, 6) is -1.41. The zero-order valence-electron chi connectivity index (χ0n) is 6.00. The Labute approximate surface area is 72.0 Å². The third-order valence-electron chi connectivity index (χ3n) is 1.78. The first-order chi connectivity index (χ1) is 5.62. The zero-order valence-corrected chi connectivity index (χ0v) is 6.82. The normalized spacial score (nSPS) is 27.1. The SMILES string of the molecule is O=C(O)C1(F)Cc2[nH]ccc2S1. The van der Waals surface area contributed by atoms with Crippen molar-refractivity contribution in [2.24, 2.45) is 0 Å². The molecule has 1 aromatic rings. The van der Waals surface area contributed by atoms with Crippen LogP contribution in [0, 0.1) is 0 Å². The summed E-state index contributed by atoms with van der Waals surface area (Å²) in [7, 11) is 0. The van der Waals surface area contributed by atoms with E-state index in [-0.39, 0.29) is 6.42 Å². The molecular weight excluding hydrogens is 181 g/mol. The van der Waals surface area contributed by atoms with E-state index < -0.39 is 11.0 Å². The predicted molar refractivity (Wildman–Crippen MR) is 41.8 cm³/mol. The van der Waals surface area contributed by atoms with Crippen LogP contribution in [0.15, 0.2) is 17.2 Å². The molecular formula is C7H6FNO2S. The van der Waals surface area contributed by atoms with Crippen molar-refractivity contribution in [3.63, 3.8) is 0 Å². The maximum absolute atomic E-state index is 13.4. The van der Waals surface area contributed by atoms with E-state index in [1.165, 1.54) is 0 Å². The lowest BCUT2D eigenvalue weighted by Crippen LogP contribution is -2.29. The lowest BCUT2D eigenvalue weighted by atomic mass is 10.2. The number of aliphatic carboxylic acids is 1. The number of carboxylic acids is 1. The Kier molecular flexibility index (Phi) is 1.44. The van der Waals surface area contributed by atoms with Crippen molar-refractivity contribution < 1.29 is 14.3 Å². The number of nitrogens with one attached hydrogen (secondary N) is 1. The summed E-state index contributed by atoms with van der Waals surface area (Å²) in [4.78, 5) is 14.0. The molecule has 1 aliphatic heterocycles. The minimum absolute atomic E-state index is 0.0741. The fourth-order valence-corrected chi connectivity index (χ4v) is 2.22. The summed E-state index contributed by atoms with van der Waals surface area (Å²) < 4.78 is 13.4. The molecule has 64 valence electrons. The van der Waals surface area contributed by atoms with Gasteiger partial charge in [0.15, 0.2) is 0 Å². The lowest BCUT2D eigenvalue weighted by Gasteiger charge is -2.10. The van der Waals surface area contributed by atoms with E-state index in [4.69, 9.17) is 5.11 Å². The molecule has 2 heterocycles. The third kappa shape index (κ3) is 0.929. The molecule has 1 aliphatic rings. The Morgan fingerprint density at radius 1 is 1.83 bits per heavy atom. The number of aromatic nitrogens is 1. The van der Waals surface area contributed by atoms with Crippen LogP contribution >= 0.6 is 11.8 Å². The van der Waals surface area contributed by atoms with Gasteiger partial charge in [0.05, 0.1) is 0 Å². The largest absolute Gasteiger partial charge is 0.478 e. The highest BCUT2D eigenvalue weighted by Crippen LogP contribution is 2.45. The molecule has 0 saturated carbocycles. The zero-order chi connectivity index (χ0) is 8.77. The molecule has 0 amide bonds. The van der Waals surface area contributed by atoms with Crippen LogP contribution in [0.2, 0.25) is 0 Å². The average Bonchev–Trinajstić information content (AvgIpc) is 2.44. The second-order valence-electron chi connectivity index (χ2n) is 2.63. The number of rotatable bonds is 1. The van der Waals surface area contributed by atoms with Crippen molar-refractivity contribution >= 4 is 17.7 Å². The molecule has 0 radical (unpaired) electrons. The van der Waals surface area contributed by atoms with Gasteiger partial charge in [-0.25, -0.2) is 9.18 Å². The number of aromatic amines is 1. The fourth-order valence-electron chi connectivity index (χ4n) is 1.18.